The van der Waals surface area contributed by atoms with Gasteiger partial charge in [-0.05, 0) is 38.0 Å². The van der Waals surface area contributed by atoms with Gasteiger partial charge in [-0.15, -0.1) is 0 Å². The molecule has 1 aromatic carbocycles. The molecule has 4 rings (SSSR count). The molecule has 2 aliphatic heterocycles. The number of aromatic nitrogens is 1. The van der Waals surface area contributed by atoms with Crippen molar-refractivity contribution in [1.82, 2.24) is 14.2 Å². The molecule has 0 unspecified atom stereocenters. The highest BCUT2D eigenvalue weighted by Gasteiger charge is 2.34. The molecule has 0 radical (unpaired) electrons. The molecule has 0 N–H and O–H groups in total. The molecule has 3 heterocycles. The second kappa shape index (κ2) is 8.50. The molecule has 0 spiro atoms. The second-order valence-corrected chi connectivity index (χ2v) is 11.2. The van der Waals surface area contributed by atoms with Crippen LogP contribution in [0.2, 0.25) is 5.02 Å². The highest BCUT2D eigenvalue weighted by Crippen LogP contribution is 2.38. The topological polar surface area (TPSA) is 97.6 Å². The van der Waals surface area contributed by atoms with Gasteiger partial charge in [-0.25, -0.2) is 8.42 Å². The summed E-state index contributed by atoms with van der Waals surface area (Å²) >= 11 is 6.29. The summed E-state index contributed by atoms with van der Waals surface area (Å²) in [4.78, 5) is 21.9. The van der Waals surface area contributed by atoms with Gasteiger partial charge < -0.3 is 9.80 Å². The maximum absolute atomic E-state index is 13.5. The summed E-state index contributed by atoms with van der Waals surface area (Å²) in [5.41, 5.74) is 1.64. The Morgan fingerprint density at radius 3 is 2.41 bits per heavy atom. The molecule has 10 heteroatoms. The molecule has 0 saturated carbocycles. The van der Waals surface area contributed by atoms with E-state index < -0.39 is 10.0 Å². The summed E-state index contributed by atoms with van der Waals surface area (Å²) < 4.78 is 25.0. The number of pyridine rings is 1. The van der Waals surface area contributed by atoms with Gasteiger partial charge in [-0.2, -0.15) is 9.57 Å². The number of rotatable bonds is 3. The van der Waals surface area contributed by atoms with Crippen molar-refractivity contribution in [2.24, 2.45) is 5.41 Å². The molecule has 2 aliphatic rings. The van der Waals surface area contributed by atoms with Crippen molar-refractivity contribution in [1.29, 1.82) is 5.26 Å². The Balaban J connectivity index is 1.70. The number of sulfonamides is 1. The van der Waals surface area contributed by atoms with Gasteiger partial charge in [0.05, 0.1) is 34.5 Å². The number of halogens is 1. The van der Waals surface area contributed by atoms with Gasteiger partial charge in [0.25, 0.3) is 5.91 Å². The third kappa shape index (κ3) is 4.40. The predicted octanol–water partition coefficient (Wildman–Crippen LogP) is 2.74. The van der Waals surface area contributed by atoms with Crippen LogP contribution in [-0.2, 0) is 10.0 Å². The fourth-order valence-electron chi connectivity index (χ4n) is 4.38. The van der Waals surface area contributed by atoms with Crippen molar-refractivity contribution in [2.75, 3.05) is 50.4 Å². The minimum atomic E-state index is -3.28. The maximum atomic E-state index is 13.5. The van der Waals surface area contributed by atoms with E-state index in [1.807, 2.05) is 19.1 Å². The third-order valence-corrected chi connectivity index (χ3v) is 8.02. The van der Waals surface area contributed by atoms with Crippen LogP contribution in [0.1, 0.15) is 30.1 Å². The van der Waals surface area contributed by atoms with Gasteiger partial charge in [-0.3, -0.25) is 9.78 Å². The summed E-state index contributed by atoms with van der Waals surface area (Å²) in [6.45, 7) is 4.47. The van der Waals surface area contributed by atoms with Crippen LogP contribution in [0.15, 0.2) is 24.4 Å². The number of hydrogen-bond acceptors (Lipinski definition) is 6. The molecule has 32 heavy (non-hydrogen) atoms. The Hall–Kier alpha value is -2.41. The lowest BCUT2D eigenvalue weighted by Crippen LogP contribution is -2.50. The average Bonchev–Trinajstić information content (AvgIpc) is 2.78. The van der Waals surface area contributed by atoms with Crippen LogP contribution in [0.5, 0.6) is 0 Å². The van der Waals surface area contributed by atoms with Crippen molar-refractivity contribution in [3.63, 3.8) is 0 Å². The number of nitriles is 1. The zero-order chi connectivity index (χ0) is 23.1. The highest BCUT2D eigenvalue weighted by molar-refractivity contribution is 7.88. The van der Waals surface area contributed by atoms with E-state index in [1.54, 1.807) is 17.2 Å². The molecule has 2 aromatic rings. The predicted molar refractivity (Wildman–Crippen MR) is 124 cm³/mol. The van der Waals surface area contributed by atoms with Crippen LogP contribution >= 0.6 is 11.6 Å². The minimum absolute atomic E-state index is 0.170. The zero-order valence-electron chi connectivity index (χ0n) is 18.2. The Kier molecular flexibility index (Phi) is 6.05. The van der Waals surface area contributed by atoms with E-state index >= 15 is 0 Å². The van der Waals surface area contributed by atoms with E-state index in [0.717, 1.165) is 16.6 Å². The lowest BCUT2D eigenvalue weighted by Gasteiger charge is -2.38. The van der Waals surface area contributed by atoms with E-state index in [-0.39, 0.29) is 24.4 Å². The van der Waals surface area contributed by atoms with E-state index in [9.17, 15) is 18.5 Å². The van der Waals surface area contributed by atoms with Gasteiger partial charge in [-0.1, -0.05) is 11.6 Å². The van der Waals surface area contributed by atoms with Crippen LogP contribution < -0.4 is 4.90 Å². The van der Waals surface area contributed by atoms with Crippen molar-refractivity contribution in [2.45, 2.75) is 19.8 Å². The van der Waals surface area contributed by atoms with Gasteiger partial charge in [0, 0.05) is 55.9 Å². The summed E-state index contributed by atoms with van der Waals surface area (Å²) in [7, 11) is -3.28. The van der Waals surface area contributed by atoms with Crippen LogP contribution in [0.25, 0.3) is 10.9 Å². The fourth-order valence-corrected chi connectivity index (χ4v) is 5.38. The van der Waals surface area contributed by atoms with Gasteiger partial charge >= 0.3 is 0 Å². The normalized spacial score (nSPS) is 19.7. The van der Waals surface area contributed by atoms with Crippen LogP contribution in [0.4, 0.5) is 5.69 Å². The molecular formula is C22H26ClN5O3S. The number of carbonyl (C=O) groups is 1. The number of nitrogens with zero attached hydrogens (tertiary/aromatic N) is 5. The van der Waals surface area contributed by atoms with Crippen LogP contribution in [0.3, 0.4) is 0 Å². The van der Waals surface area contributed by atoms with Crippen molar-refractivity contribution in [3.05, 3.63) is 35.0 Å². The Morgan fingerprint density at radius 2 is 1.81 bits per heavy atom. The summed E-state index contributed by atoms with van der Waals surface area (Å²) in [6.07, 6.45) is 4.20. The van der Waals surface area contributed by atoms with E-state index in [0.29, 0.717) is 49.6 Å². The monoisotopic (exact) mass is 475 g/mol. The molecule has 0 atom stereocenters. The number of fused-ring (bicyclic) bond motifs is 1. The number of carbonyl (C=O) groups excluding carboxylic acids is 1. The lowest BCUT2D eigenvalue weighted by molar-refractivity contribution is 0.0698. The molecule has 2 fully saturated rings. The Labute approximate surface area is 193 Å². The molecule has 0 aliphatic carbocycles. The van der Waals surface area contributed by atoms with Gasteiger partial charge in [0.2, 0.25) is 10.0 Å². The zero-order valence-corrected chi connectivity index (χ0v) is 19.8. The lowest BCUT2D eigenvalue weighted by atomic mass is 9.81. The largest absolute Gasteiger partial charge is 0.370 e. The minimum Gasteiger partial charge on any atom is -0.370 e. The van der Waals surface area contributed by atoms with E-state index in [2.05, 4.69) is 16.0 Å². The summed E-state index contributed by atoms with van der Waals surface area (Å²) in [6, 6.07) is 7.85. The molecule has 0 bridgehead atoms. The summed E-state index contributed by atoms with van der Waals surface area (Å²) in [5, 5.41) is 10.9. The molecule has 2 saturated heterocycles. The fraction of sp³-hybridized carbons (Fsp3) is 0.500. The Morgan fingerprint density at radius 1 is 1.16 bits per heavy atom. The summed E-state index contributed by atoms with van der Waals surface area (Å²) in [5.74, 6) is -0.170. The van der Waals surface area contributed by atoms with Gasteiger partial charge in [0.1, 0.15) is 0 Å². The SMILES string of the molecule is CC1(C#N)CCN(c2c(C(=O)N3CCN(S(C)(=O)=O)CC3)cnc3ccc(Cl)cc23)CC1. The molecule has 1 aromatic heterocycles. The van der Waals surface area contributed by atoms with E-state index in [1.165, 1.54) is 10.6 Å². The second-order valence-electron chi connectivity index (χ2n) is 8.80. The number of amides is 1. The van der Waals surface area contributed by atoms with Crippen molar-refractivity contribution >= 4 is 44.1 Å². The quantitative estimate of drug-likeness (QED) is 0.677. The number of piperidine rings is 1. The average molecular weight is 476 g/mol. The molecule has 8 nitrogen and oxygen atoms in total. The van der Waals surface area contributed by atoms with Crippen molar-refractivity contribution < 1.29 is 13.2 Å². The number of benzene rings is 1. The van der Waals surface area contributed by atoms with Gasteiger partial charge in [0.15, 0.2) is 0 Å². The smallest absolute Gasteiger partial charge is 0.257 e. The molecule has 170 valence electrons. The molecular weight excluding hydrogens is 450 g/mol. The van der Waals surface area contributed by atoms with Crippen molar-refractivity contribution in [3.8, 4) is 6.07 Å². The standard InChI is InChI=1S/C22H26ClN5O3S/c1-22(15-24)5-7-26(8-6-22)20-17-13-16(23)3-4-19(17)25-14-18(20)21(29)27-9-11-28(12-10-27)32(2,30)31/h3-4,13-14H,5-12H2,1-2H3. The number of hydrogen-bond donors (Lipinski definition) is 0. The number of anilines is 1. The highest BCUT2D eigenvalue weighted by atomic mass is 35.5. The van der Waals surface area contributed by atoms with Crippen LogP contribution in [0, 0.1) is 16.7 Å². The Bertz CT molecular complexity index is 1190. The number of piperazine rings is 1. The first-order valence-electron chi connectivity index (χ1n) is 10.6. The molecule has 1 amide bonds. The van der Waals surface area contributed by atoms with Crippen LogP contribution in [-0.4, -0.2) is 74.0 Å². The first-order valence-corrected chi connectivity index (χ1v) is 12.8. The maximum Gasteiger partial charge on any atom is 0.257 e. The third-order valence-electron chi connectivity index (χ3n) is 6.48. The van der Waals surface area contributed by atoms with E-state index in [4.69, 9.17) is 11.6 Å². The first kappa shape index (κ1) is 22.8. The first-order chi connectivity index (χ1) is 15.1.